The van der Waals surface area contributed by atoms with Gasteiger partial charge in [-0.3, -0.25) is 0 Å². The second kappa shape index (κ2) is 9.11. The number of ether oxygens (including phenoxy) is 2. The average Bonchev–Trinajstić information content (AvgIpc) is 2.40. The highest BCUT2D eigenvalue weighted by Gasteiger charge is 2.05. The number of hydrogen-bond acceptors (Lipinski definition) is 4. The van der Waals surface area contributed by atoms with Gasteiger partial charge in [0.1, 0.15) is 11.5 Å². The number of hydrogen-bond donors (Lipinski definition) is 1. The van der Waals surface area contributed by atoms with Gasteiger partial charge in [-0.25, -0.2) is 0 Å². The van der Waals surface area contributed by atoms with E-state index in [0.29, 0.717) is 6.54 Å². The van der Waals surface area contributed by atoms with Crippen LogP contribution in [0.15, 0.2) is 18.2 Å². The molecule has 2 N–H and O–H groups in total. The van der Waals surface area contributed by atoms with Gasteiger partial charge >= 0.3 is 0 Å². The van der Waals surface area contributed by atoms with Crippen LogP contribution in [-0.4, -0.2) is 31.8 Å². The SMILES string of the molecule is CCSCCCOc1cc(OC)ccc1CCN. The van der Waals surface area contributed by atoms with Crippen LogP contribution in [0.5, 0.6) is 11.5 Å². The highest BCUT2D eigenvalue weighted by molar-refractivity contribution is 7.99. The zero-order valence-corrected chi connectivity index (χ0v) is 12.1. The van der Waals surface area contributed by atoms with Crippen molar-refractivity contribution in [3.05, 3.63) is 23.8 Å². The Labute approximate surface area is 114 Å². The summed E-state index contributed by atoms with van der Waals surface area (Å²) in [7, 11) is 1.67. The monoisotopic (exact) mass is 269 g/mol. The summed E-state index contributed by atoms with van der Waals surface area (Å²) in [6.07, 6.45) is 1.90. The van der Waals surface area contributed by atoms with E-state index in [1.165, 1.54) is 0 Å². The Balaban J connectivity index is 2.54. The molecule has 1 rings (SSSR count). The van der Waals surface area contributed by atoms with Crippen LogP contribution in [0.4, 0.5) is 0 Å². The maximum atomic E-state index is 5.83. The molecule has 0 unspecified atom stereocenters. The van der Waals surface area contributed by atoms with Gasteiger partial charge in [-0.2, -0.15) is 11.8 Å². The van der Waals surface area contributed by atoms with Gasteiger partial charge in [0.15, 0.2) is 0 Å². The van der Waals surface area contributed by atoms with Crippen LogP contribution in [0.25, 0.3) is 0 Å². The Morgan fingerprint density at radius 2 is 2.17 bits per heavy atom. The summed E-state index contributed by atoms with van der Waals surface area (Å²) in [6, 6.07) is 5.92. The van der Waals surface area contributed by atoms with Crippen LogP contribution in [0.2, 0.25) is 0 Å². The summed E-state index contributed by atoms with van der Waals surface area (Å²) in [5.41, 5.74) is 6.76. The first-order valence-corrected chi connectivity index (χ1v) is 7.54. The van der Waals surface area contributed by atoms with Crippen molar-refractivity contribution < 1.29 is 9.47 Å². The highest BCUT2D eigenvalue weighted by Crippen LogP contribution is 2.25. The Hall–Kier alpha value is -0.870. The molecular weight excluding hydrogens is 246 g/mol. The van der Waals surface area contributed by atoms with Gasteiger partial charge in [0.25, 0.3) is 0 Å². The van der Waals surface area contributed by atoms with Crippen LogP contribution >= 0.6 is 11.8 Å². The minimum Gasteiger partial charge on any atom is -0.497 e. The smallest absolute Gasteiger partial charge is 0.126 e. The molecule has 4 heteroatoms. The van der Waals surface area contributed by atoms with Gasteiger partial charge in [-0.05, 0) is 42.5 Å². The van der Waals surface area contributed by atoms with Crippen molar-refractivity contribution in [3.63, 3.8) is 0 Å². The van der Waals surface area contributed by atoms with Gasteiger partial charge in [-0.1, -0.05) is 13.0 Å². The van der Waals surface area contributed by atoms with E-state index in [2.05, 4.69) is 6.92 Å². The zero-order valence-electron chi connectivity index (χ0n) is 11.3. The summed E-state index contributed by atoms with van der Waals surface area (Å²) in [5.74, 6) is 4.04. The van der Waals surface area contributed by atoms with E-state index in [1.807, 2.05) is 30.0 Å². The first-order chi connectivity index (χ1) is 8.81. The van der Waals surface area contributed by atoms with E-state index < -0.39 is 0 Å². The molecule has 0 amide bonds. The van der Waals surface area contributed by atoms with E-state index >= 15 is 0 Å². The van der Waals surface area contributed by atoms with Crippen molar-refractivity contribution >= 4 is 11.8 Å². The van der Waals surface area contributed by atoms with Crippen LogP contribution in [0.3, 0.4) is 0 Å². The van der Waals surface area contributed by atoms with Crippen molar-refractivity contribution in [1.29, 1.82) is 0 Å². The number of thioether (sulfide) groups is 1. The van der Waals surface area contributed by atoms with E-state index in [1.54, 1.807) is 7.11 Å². The van der Waals surface area contributed by atoms with Gasteiger partial charge in [0.05, 0.1) is 13.7 Å². The lowest BCUT2D eigenvalue weighted by atomic mass is 10.1. The molecule has 102 valence electrons. The third-order valence-electron chi connectivity index (χ3n) is 2.58. The normalized spacial score (nSPS) is 10.4. The number of nitrogens with two attached hydrogens (primary N) is 1. The van der Waals surface area contributed by atoms with Gasteiger partial charge in [0, 0.05) is 6.07 Å². The Bertz CT molecular complexity index is 345. The fraction of sp³-hybridized carbons (Fsp3) is 0.571. The van der Waals surface area contributed by atoms with Gasteiger partial charge < -0.3 is 15.2 Å². The van der Waals surface area contributed by atoms with Gasteiger partial charge in [0.2, 0.25) is 0 Å². The van der Waals surface area contributed by atoms with Crippen LogP contribution < -0.4 is 15.2 Å². The average molecular weight is 269 g/mol. The maximum absolute atomic E-state index is 5.83. The highest BCUT2D eigenvalue weighted by atomic mass is 32.2. The summed E-state index contributed by atoms with van der Waals surface area (Å²) in [6.45, 7) is 3.55. The standard InChI is InChI=1S/C14H23NO2S/c1-3-18-10-4-9-17-14-11-13(16-2)6-5-12(14)7-8-15/h5-6,11H,3-4,7-10,15H2,1-2H3. The van der Waals surface area contributed by atoms with Crippen molar-refractivity contribution in [2.24, 2.45) is 5.73 Å². The molecule has 0 aliphatic heterocycles. The largest absolute Gasteiger partial charge is 0.497 e. The second-order valence-corrected chi connectivity index (χ2v) is 5.31. The molecule has 0 aliphatic carbocycles. The lowest BCUT2D eigenvalue weighted by molar-refractivity contribution is 0.312. The molecule has 0 aromatic heterocycles. The molecule has 0 fully saturated rings. The molecule has 0 saturated carbocycles. The van der Waals surface area contributed by atoms with Crippen LogP contribution in [-0.2, 0) is 6.42 Å². The molecule has 18 heavy (non-hydrogen) atoms. The van der Waals surface area contributed by atoms with Crippen molar-refractivity contribution in [2.45, 2.75) is 19.8 Å². The van der Waals surface area contributed by atoms with Gasteiger partial charge in [-0.15, -0.1) is 0 Å². The van der Waals surface area contributed by atoms with E-state index in [4.69, 9.17) is 15.2 Å². The van der Waals surface area contributed by atoms with Crippen LogP contribution in [0.1, 0.15) is 18.9 Å². The number of methoxy groups -OCH3 is 1. The molecule has 0 radical (unpaired) electrons. The molecule has 0 saturated heterocycles. The topological polar surface area (TPSA) is 44.5 Å². The number of benzene rings is 1. The van der Waals surface area contributed by atoms with Crippen LogP contribution in [0, 0.1) is 0 Å². The fourth-order valence-electron chi connectivity index (χ4n) is 1.65. The molecule has 0 aliphatic rings. The minimum absolute atomic E-state index is 0.633. The summed E-state index contributed by atoms with van der Waals surface area (Å²) in [4.78, 5) is 0. The third-order valence-corrected chi connectivity index (χ3v) is 3.57. The first-order valence-electron chi connectivity index (χ1n) is 6.39. The van der Waals surface area contributed by atoms with Crippen molar-refractivity contribution in [3.8, 4) is 11.5 Å². The molecular formula is C14H23NO2S. The molecule has 0 bridgehead atoms. The summed E-state index contributed by atoms with van der Waals surface area (Å²) in [5, 5.41) is 0. The Morgan fingerprint density at radius 1 is 1.33 bits per heavy atom. The van der Waals surface area contributed by atoms with E-state index in [0.717, 1.165) is 48.0 Å². The van der Waals surface area contributed by atoms with E-state index in [9.17, 15) is 0 Å². The lowest BCUT2D eigenvalue weighted by Gasteiger charge is -2.12. The Morgan fingerprint density at radius 3 is 2.83 bits per heavy atom. The van der Waals surface area contributed by atoms with E-state index in [-0.39, 0.29) is 0 Å². The zero-order chi connectivity index (χ0) is 13.2. The van der Waals surface area contributed by atoms with Crippen molar-refractivity contribution in [2.75, 3.05) is 31.8 Å². The quantitative estimate of drug-likeness (QED) is 0.700. The third kappa shape index (κ3) is 5.19. The molecule has 3 nitrogen and oxygen atoms in total. The molecule has 1 aromatic rings. The summed E-state index contributed by atoms with van der Waals surface area (Å²) < 4.78 is 11.0. The fourth-order valence-corrected chi connectivity index (χ4v) is 2.26. The predicted molar refractivity (Wildman–Crippen MR) is 78.9 cm³/mol. The lowest BCUT2D eigenvalue weighted by Crippen LogP contribution is -2.06. The maximum Gasteiger partial charge on any atom is 0.126 e. The molecule has 0 atom stereocenters. The summed E-state index contributed by atoms with van der Waals surface area (Å²) >= 11 is 1.94. The predicted octanol–water partition coefficient (Wildman–Crippen LogP) is 2.72. The number of rotatable bonds is 9. The minimum atomic E-state index is 0.633. The Kier molecular flexibility index (Phi) is 7.69. The first kappa shape index (κ1) is 15.2. The molecule has 1 aromatic carbocycles. The van der Waals surface area contributed by atoms with Crippen molar-refractivity contribution in [1.82, 2.24) is 0 Å². The molecule has 0 spiro atoms. The second-order valence-electron chi connectivity index (χ2n) is 3.91. The molecule has 0 heterocycles.